The summed E-state index contributed by atoms with van der Waals surface area (Å²) < 4.78 is 5.52. The van der Waals surface area contributed by atoms with Crippen molar-refractivity contribution in [3.05, 3.63) is 96.6 Å². The molecule has 0 fully saturated rings. The third-order valence-corrected chi connectivity index (χ3v) is 4.38. The molecule has 0 bridgehead atoms. The number of aliphatic imine (C=N–C) groups is 1. The van der Waals surface area contributed by atoms with E-state index in [9.17, 15) is 0 Å². The van der Waals surface area contributed by atoms with Gasteiger partial charge in [-0.2, -0.15) is 10.2 Å². The van der Waals surface area contributed by atoms with Crippen LogP contribution in [0, 0.1) is 0 Å². The van der Waals surface area contributed by atoms with Crippen LogP contribution in [0.1, 0.15) is 5.56 Å². The maximum absolute atomic E-state index is 5.52. The topological polar surface area (TPSA) is 46.3 Å². The highest BCUT2D eigenvalue weighted by atomic mass is 16.5. The van der Waals surface area contributed by atoms with Crippen molar-refractivity contribution in [2.45, 2.75) is 0 Å². The zero-order chi connectivity index (χ0) is 19.2. The predicted octanol–water partition coefficient (Wildman–Crippen LogP) is 7.01. The molecule has 0 aliphatic carbocycles. The zero-order valence-electron chi connectivity index (χ0n) is 15.5. The molecule has 0 aliphatic rings. The van der Waals surface area contributed by atoms with Crippen LogP contribution in [0.2, 0.25) is 0 Å². The average molecular weight is 365 g/mol. The van der Waals surface area contributed by atoms with Crippen LogP contribution in [0.3, 0.4) is 0 Å². The molecule has 4 aromatic rings. The molecule has 0 radical (unpaired) electrons. The van der Waals surface area contributed by atoms with Crippen LogP contribution < -0.4 is 4.74 Å². The van der Waals surface area contributed by atoms with Crippen molar-refractivity contribution in [2.75, 3.05) is 7.11 Å². The highest BCUT2D eigenvalue weighted by molar-refractivity contribution is 6.03. The minimum Gasteiger partial charge on any atom is -0.496 e. The van der Waals surface area contributed by atoms with Gasteiger partial charge in [-0.25, -0.2) is 0 Å². The Balaban J connectivity index is 1.57. The molecule has 28 heavy (non-hydrogen) atoms. The lowest BCUT2D eigenvalue weighted by Crippen LogP contribution is -1.92. The molecule has 0 aliphatic heterocycles. The number of hydrogen-bond acceptors (Lipinski definition) is 4. The third kappa shape index (κ3) is 3.96. The number of benzene rings is 4. The molecule has 0 aromatic heterocycles. The summed E-state index contributed by atoms with van der Waals surface area (Å²) in [7, 11) is 1.67. The van der Waals surface area contributed by atoms with Crippen molar-refractivity contribution < 1.29 is 4.74 Å². The summed E-state index contributed by atoms with van der Waals surface area (Å²) in [6.45, 7) is 0. The molecular formula is C24H19N3O. The molecule has 4 heteroatoms. The standard InChI is InChI=1S/C24H19N3O/c1-28-24-16-11-18-7-5-6-10-22(18)23(24)17-25-19-12-14-21(15-13-19)27-26-20-8-3-2-4-9-20/h2-17H,1H3. The molecule has 0 amide bonds. The number of hydrogen-bond donors (Lipinski definition) is 0. The van der Waals surface area contributed by atoms with Crippen molar-refractivity contribution in [1.82, 2.24) is 0 Å². The lowest BCUT2D eigenvalue weighted by molar-refractivity contribution is 0.415. The van der Waals surface area contributed by atoms with Gasteiger partial charge in [0.05, 0.1) is 24.2 Å². The predicted molar refractivity (Wildman–Crippen MR) is 115 cm³/mol. The number of fused-ring (bicyclic) bond motifs is 1. The first kappa shape index (κ1) is 17.6. The second-order valence-corrected chi connectivity index (χ2v) is 6.21. The molecule has 4 rings (SSSR count). The lowest BCUT2D eigenvalue weighted by Gasteiger charge is -2.08. The van der Waals surface area contributed by atoms with Gasteiger partial charge in [0.25, 0.3) is 0 Å². The van der Waals surface area contributed by atoms with E-state index in [4.69, 9.17) is 4.74 Å². The average Bonchev–Trinajstić information content (AvgIpc) is 2.77. The summed E-state index contributed by atoms with van der Waals surface area (Å²) in [4.78, 5) is 4.62. The summed E-state index contributed by atoms with van der Waals surface area (Å²) in [5.74, 6) is 0.802. The molecule has 0 atom stereocenters. The maximum Gasteiger partial charge on any atom is 0.128 e. The summed E-state index contributed by atoms with van der Waals surface area (Å²) in [6, 6.07) is 29.5. The lowest BCUT2D eigenvalue weighted by atomic mass is 10.0. The summed E-state index contributed by atoms with van der Waals surface area (Å²) in [5, 5.41) is 10.7. The van der Waals surface area contributed by atoms with E-state index in [0.29, 0.717) is 0 Å². The van der Waals surface area contributed by atoms with Gasteiger partial charge >= 0.3 is 0 Å². The van der Waals surface area contributed by atoms with E-state index in [0.717, 1.165) is 39.1 Å². The van der Waals surface area contributed by atoms with E-state index in [1.807, 2.05) is 79.0 Å². The Kier molecular flexibility index (Phi) is 5.20. The van der Waals surface area contributed by atoms with E-state index in [1.54, 1.807) is 7.11 Å². The molecule has 0 spiro atoms. The molecule has 0 unspecified atom stereocenters. The Labute approximate surface area is 163 Å². The second kappa shape index (κ2) is 8.27. The highest BCUT2D eigenvalue weighted by Gasteiger charge is 2.05. The van der Waals surface area contributed by atoms with Gasteiger partial charge in [0.15, 0.2) is 0 Å². The number of ether oxygens (including phenoxy) is 1. The molecule has 0 saturated heterocycles. The number of rotatable bonds is 5. The van der Waals surface area contributed by atoms with Crippen molar-refractivity contribution in [3.8, 4) is 5.75 Å². The van der Waals surface area contributed by atoms with Crippen LogP contribution >= 0.6 is 0 Å². The first-order valence-corrected chi connectivity index (χ1v) is 9.00. The van der Waals surface area contributed by atoms with E-state index < -0.39 is 0 Å². The quantitative estimate of drug-likeness (QED) is 0.277. The summed E-state index contributed by atoms with van der Waals surface area (Å²) in [5.41, 5.74) is 3.42. The first-order chi connectivity index (χ1) is 13.8. The molecule has 0 saturated carbocycles. The van der Waals surface area contributed by atoms with Crippen molar-refractivity contribution >= 4 is 34.0 Å². The fourth-order valence-corrected chi connectivity index (χ4v) is 2.94. The fourth-order valence-electron chi connectivity index (χ4n) is 2.94. The minimum absolute atomic E-state index is 0.783. The van der Waals surface area contributed by atoms with Crippen LogP contribution in [0.25, 0.3) is 10.8 Å². The maximum atomic E-state index is 5.52. The van der Waals surface area contributed by atoms with Gasteiger partial charge in [-0.15, -0.1) is 0 Å². The summed E-state index contributed by atoms with van der Waals surface area (Å²) in [6.07, 6.45) is 1.85. The smallest absolute Gasteiger partial charge is 0.128 e. The van der Waals surface area contributed by atoms with Gasteiger partial charge in [0.2, 0.25) is 0 Å². The van der Waals surface area contributed by atoms with Gasteiger partial charge < -0.3 is 4.74 Å². The first-order valence-electron chi connectivity index (χ1n) is 9.00. The van der Waals surface area contributed by atoms with Gasteiger partial charge in [-0.3, -0.25) is 4.99 Å². The molecule has 136 valence electrons. The van der Waals surface area contributed by atoms with E-state index in [1.165, 1.54) is 0 Å². The number of azo groups is 1. The van der Waals surface area contributed by atoms with Crippen molar-refractivity contribution in [2.24, 2.45) is 15.2 Å². The van der Waals surface area contributed by atoms with Gasteiger partial charge in [-0.05, 0) is 53.2 Å². The Hall–Kier alpha value is -3.79. The van der Waals surface area contributed by atoms with E-state index >= 15 is 0 Å². The number of methoxy groups -OCH3 is 1. The fraction of sp³-hybridized carbons (Fsp3) is 0.0417. The van der Waals surface area contributed by atoms with Gasteiger partial charge in [-0.1, -0.05) is 48.5 Å². The van der Waals surface area contributed by atoms with Crippen LogP contribution in [0.15, 0.2) is 106 Å². The van der Waals surface area contributed by atoms with Gasteiger partial charge in [0, 0.05) is 11.8 Å². The van der Waals surface area contributed by atoms with Crippen LogP contribution in [-0.4, -0.2) is 13.3 Å². The molecular weight excluding hydrogens is 346 g/mol. The Bertz CT molecular complexity index is 1130. The Morgan fingerprint density at radius 1 is 0.643 bits per heavy atom. The monoisotopic (exact) mass is 365 g/mol. The number of nitrogens with zero attached hydrogens (tertiary/aromatic N) is 3. The molecule has 4 aromatic carbocycles. The van der Waals surface area contributed by atoms with Crippen LogP contribution in [0.5, 0.6) is 5.75 Å². The third-order valence-electron chi connectivity index (χ3n) is 4.38. The summed E-state index contributed by atoms with van der Waals surface area (Å²) >= 11 is 0. The normalized spacial score (nSPS) is 11.5. The van der Waals surface area contributed by atoms with E-state index in [-0.39, 0.29) is 0 Å². The largest absolute Gasteiger partial charge is 0.496 e. The van der Waals surface area contributed by atoms with E-state index in [2.05, 4.69) is 33.4 Å². The molecule has 0 N–H and O–H groups in total. The zero-order valence-corrected chi connectivity index (χ0v) is 15.5. The van der Waals surface area contributed by atoms with Crippen LogP contribution in [-0.2, 0) is 0 Å². The van der Waals surface area contributed by atoms with Crippen molar-refractivity contribution in [3.63, 3.8) is 0 Å². The second-order valence-electron chi connectivity index (χ2n) is 6.21. The molecule has 4 nitrogen and oxygen atoms in total. The Morgan fingerprint density at radius 3 is 2.04 bits per heavy atom. The molecule has 0 heterocycles. The highest BCUT2D eigenvalue weighted by Crippen LogP contribution is 2.27. The minimum atomic E-state index is 0.783. The van der Waals surface area contributed by atoms with Gasteiger partial charge in [0.1, 0.15) is 5.75 Å². The Morgan fingerprint density at radius 2 is 1.29 bits per heavy atom. The van der Waals surface area contributed by atoms with Crippen LogP contribution in [0.4, 0.5) is 17.1 Å². The van der Waals surface area contributed by atoms with Crippen molar-refractivity contribution in [1.29, 1.82) is 0 Å². The SMILES string of the molecule is COc1ccc2ccccc2c1C=Nc1ccc(N=Nc2ccccc2)cc1.